The van der Waals surface area contributed by atoms with Gasteiger partial charge in [-0.2, -0.15) is 0 Å². The second-order valence-electron chi connectivity index (χ2n) is 8.84. The number of hydrogen-bond acceptors (Lipinski definition) is 5. The van der Waals surface area contributed by atoms with Gasteiger partial charge in [0.1, 0.15) is 11.8 Å². The summed E-state index contributed by atoms with van der Waals surface area (Å²) in [5, 5.41) is 2.91. The minimum atomic E-state index is -3.60. The predicted octanol–water partition coefficient (Wildman–Crippen LogP) is 3.88. The zero-order valence-electron chi connectivity index (χ0n) is 22.0. The molecule has 8 nitrogen and oxygen atoms in total. The maximum absolute atomic E-state index is 13.5. The van der Waals surface area contributed by atoms with Gasteiger partial charge in [0.15, 0.2) is 0 Å². The molecule has 0 saturated carbocycles. The van der Waals surface area contributed by atoms with E-state index < -0.39 is 16.1 Å². The number of carbonyl (C=O) groups is 2. The average Bonchev–Trinajstić information content (AvgIpc) is 2.84. The van der Waals surface area contributed by atoms with Gasteiger partial charge in [-0.3, -0.25) is 13.9 Å². The summed E-state index contributed by atoms with van der Waals surface area (Å²) in [7, 11) is -2.12. The summed E-state index contributed by atoms with van der Waals surface area (Å²) >= 11 is 0. The number of anilines is 1. The molecule has 0 spiro atoms. The summed E-state index contributed by atoms with van der Waals surface area (Å²) in [6.45, 7) is 6.82. The molecule has 0 aliphatic carbocycles. The Morgan fingerprint density at radius 2 is 1.81 bits per heavy atom. The Hall–Kier alpha value is -3.07. The molecular weight excluding hydrogens is 478 g/mol. The molecule has 9 heteroatoms. The van der Waals surface area contributed by atoms with Crippen molar-refractivity contribution in [3.05, 3.63) is 59.7 Å². The first-order chi connectivity index (χ1) is 17.1. The van der Waals surface area contributed by atoms with Crippen molar-refractivity contribution in [3.63, 3.8) is 0 Å². The highest BCUT2D eigenvalue weighted by Crippen LogP contribution is 2.29. The van der Waals surface area contributed by atoms with Crippen molar-refractivity contribution in [2.75, 3.05) is 30.8 Å². The van der Waals surface area contributed by atoms with Crippen LogP contribution in [-0.2, 0) is 26.2 Å². The Morgan fingerprint density at radius 1 is 1.08 bits per heavy atom. The van der Waals surface area contributed by atoms with E-state index in [0.717, 1.165) is 23.8 Å². The number of carbonyl (C=O) groups excluding carboxylic acids is 2. The van der Waals surface area contributed by atoms with Crippen molar-refractivity contribution in [1.29, 1.82) is 0 Å². The van der Waals surface area contributed by atoms with Crippen molar-refractivity contribution < 1.29 is 22.7 Å². The molecule has 0 aliphatic rings. The number of hydrogen-bond donors (Lipinski definition) is 1. The first kappa shape index (κ1) is 29.2. The second-order valence-corrected chi connectivity index (χ2v) is 10.7. The zero-order chi connectivity index (χ0) is 26.7. The Bertz CT molecular complexity index is 1120. The molecule has 0 saturated heterocycles. The third-order valence-corrected chi connectivity index (χ3v) is 7.06. The van der Waals surface area contributed by atoms with E-state index in [1.807, 2.05) is 45.0 Å². The van der Waals surface area contributed by atoms with Gasteiger partial charge < -0.3 is 15.0 Å². The summed E-state index contributed by atoms with van der Waals surface area (Å²) in [5.41, 5.74) is 2.44. The van der Waals surface area contributed by atoms with Crippen molar-refractivity contribution in [2.45, 2.75) is 59.0 Å². The average molecular weight is 518 g/mol. The lowest BCUT2D eigenvalue weighted by molar-refractivity contribution is -0.141. The number of amides is 2. The third kappa shape index (κ3) is 8.26. The van der Waals surface area contributed by atoms with Crippen LogP contribution in [0.3, 0.4) is 0 Å². The topological polar surface area (TPSA) is 96.0 Å². The standard InChI is InChI=1S/C27H39N3O5S/c1-6-17-28-27(32)23(7-2)29(20-22-13-10-12-21(3)19-22)26(31)16-11-18-30(36(5,33)34)24-14-8-9-15-25(24)35-4/h8-10,12-15,19,23H,6-7,11,16-18,20H2,1-5H3,(H,28,32). The van der Waals surface area contributed by atoms with E-state index in [0.29, 0.717) is 37.4 Å². The summed E-state index contributed by atoms with van der Waals surface area (Å²) < 4.78 is 31.7. The molecule has 198 valence electrons. The van der Waals surface area contributed by atoms with Gasteiger partial charge in [-0.25, -0.2) is 8.42 Å². The predicted molar refractivity (Wildman–Crippen MR) is 144 cm³/mol. The summed E-state index contributed by atoms with van der Waals surface area (Å²) in [6.07, 6.45) is 2.81. The van der Waals surface area contributed by atoms with Gasteiger partial charge in [-0.05, 0) is 43.9 Å². The number of rotatable bonds is 14. The first-order valence-corrected chi connectivity index (χ1v) is 14.2. The Labute approximate surface area is 215 Å². The van der Waals surface area contributed by atoms with E-state index in [9.17, 15) is 18.0 Å². The molecule has 1 atom stereocenters. The number of para-hydroxylation sites is 2. The molecule has 0 heterocycles. The van der Waals surface area contributed by atoms with Crippen LogP contribution in [0.15, 0.2) is 48.5 Å². The molecule has 0 fully saturated rings. The highest BCUT2D eigenvalue weighted by atomic mass is 32.2. The molecule has 0 radical (unpaired) electrons. The highest BCUT2D eigenvalue weighted by Gasteiger charge is 2.29. The zero-order valence-corrected chi connectivity index (χ0v) is 22.8. The second kappa shape index (κ2) is 13.9. The van der Waals surface area contributed by atoms with Crippen LogP contribution in [0.5, 0.6) is 5.75 Å². The van der Waals surface area contributed by atoms with E-state index in [2.05, 4.69) is 5.32 Å². The Morgan fingerprint density at radius 3 is 2.42 bits per heavy atom. The van der Waals surface area contributed by atoms with E-state index in [1.54, 1.807) is 29.2 Å². The minimum Gasteiger partial charge on any atom is -0.495 e. The lowest BCUT2D eigenvalue weighted by Crippen LogP contribution is -2.49. The molecular formula is C27H39N3O5S. The lowest BCUT2D eigenvalue weighted by Gasteiger charge is -2.31. The van der Waals surface area contributed by atoms with Gasteiger partial charge in [-0.1, -0.05) is 55.8 Å². The van der Waals surface area contributed by atoms with Crippen LogP contribution < -0.4 is 14.4 Å². The summed E-state index contributed by atoms with van der Waals surface area (Å²) in [4.78, 5) is 28.0. The van der Waals surface area contributed by atoms with E-state index >= 15 is 0 Å². The summed E-state index contributed by atoms with van der Waals surface area (Å²) in [6, 6.07) is 14.1. The van der Waals surface area contributed by atoms with Gasteiger partial charge in [0.05, 0.1) is 19.1 Å². The van der Waals surface area contributed by atoms with Crippen molar-refractivity contribution >= 4 is 27.5 Å². The molecule has 36 heavy (non-hydrogen) atoms. The first-order valence-electron chi connectivity index (χ1n) is 12.4. The number of ether oxygens (including phenoxy) is 1. The molecule has 0 aromatic heterocycles. The number of aryl methyl sites for hydroxylation is 1. The fraction of sp³-hybridized carbons (Fsp3) is 0.481. The van der Waals surface area contributed by atoms with E-state index in [1.165, 1.54) is 11.4 Å². The minimum absolute atomic E-state index is 0.102. The summed E-state index contributed by atoms with van der Waals surface area (Å²) in [5.74, 6) is 0.0737. The number of methoxy groups -OCH3 is 1. The number of nitrogens with one attached hydrogen (secondary N) is 1. The van der Waals surface area contributed by atoms with Crippen LogP contribution in [0.25, 0.3) is 0 Å². The smallest absolute Gasteiger partial charge is 0.242 e. The molecule has 0 aliphatic heterocycles. The van der Waals surface area contributed by atoms with Crippen LogP contribution in [0.1, 0.15) is 50.7 Å². The largest absolute Gasteiger partial charge is 0.495 e. The Balaban J connectivity index is 2.23. The van der Waals surface area contributed by atoms with Crippen LogP contribution in [0, 0.1) is 6.92 Å². The third-order valence-electron chi connectivity index (χ3n) is 5.88. The maximum atomic E-state index is 13.5. The van der Waals surface area contributed by atoms with Crippen LogP contribution in [0.4, 0.5) is 5.69 Å². The van der Waals surface area contributed by atoms with E-state index in [-0.39, 0.29) is 24.8 Å². The molecule has 0 bridgehead atoms. The molecule has 1 N–H and O–H groups in total. The lowest BCUT2D eigenvalue weighted by atomic mass is 10.1. The molecule has 2 rings (SSSR count). The van der Waals surface area contributed by atoms with Crippen LogP contribution in [-0.4, -0.2) is 57.6 Å². The highest BCUT2D eigenvalue weighted by molar-refractivity contribution is 7.92. The fourth-order valence-electron chi connectivity index (χ4n) is 4.11. The maximum Gasteiger partial charge on any atom is 0.242 e. The van der Waals surface area contributed by atoms with Gasteiger partial charge >= 0.3 is 0 Å². The van der Waals surface area contributed by atoms with Crippen molar-refractivity contribution in [2.24, 2.45) is 0 Å². The normalized spacial score (nSPS) is 12.0. The number of nitrogens with zero attached hydrogens (tertiary/aromatic N) is 2. The van der Waals surface area contributed by atoms with Crippen LogP contribution in [0.2, 0.25) is 0 Å². The van der Waals surface area contributed by atoms with Gasteiger partial charge in [0.25, 0.3) is 0 Å². The number of sulfonamides is 1. The Kier molecular flexibility index (Phi) is 11.2. The van der Waals surface area contributed by atoms with Gasteiger partial charge in [0, 0.05) is 26.1 Å². The molecule has 2 aromatic rings. The van der Waals surface area contributed by atoms with Gasteiger partial charge in [-0.15, -0.1) is 0 Å². The SMILES string of the molecule is CCCNC(=O)C(CC)N(Cc1cccc(C)c1)C(=O)CCCN(c1ccccc1OC)S(C)(=O)=O. The number of benzene rings is 2. The molecule has 2 amide bonds. The molecule has 1 unspecified atom stereocenters. The fourth-order valence-corrected chi connectivity index (χ4v) is 5.08. The quantitative estimate of drug-likeness (QED) is 0.410. The van der Waals surface area contributed by atoms with E-state index in [4.69, 9.17) is 4.74 Å². The van der Waals surface area contributed by atoms with Crippen molar-refractivity contribution in [1.82, 2.24) is 10.2 Å². The monoisotopic (exact) mass is 517 g/mol. The van der Waals surface area contributed by atoms with Crippen LogP contribution >= 0.6 is 0 Å². The van der Waals surface area contributed by atoms with Gasteiger partial charge in [0.2, 0.25) is 21.8 Å². The van der Waals surface area contributed by atoms with Crippen molar-refractivity contribution in [3.8, 4) is 5.75 Å². The molecule has 2 aromatic carbocycles.